The lowest BCUT2D eigenvalue weighted by Crippen LogP contribution is -2.34. The molecule has 0 bridgehead atoms. The van der Waals surface area contributed by atoms with Crippen LogP contribution in [0.3, 0.4) is 0 Å². The fourth-order valence-corrected chi connectivity index (χ4v) is 2.88. The monoisotopic (exact) mass is 291 g/mol. The first kappa shape index (κ1) is 15.8. The fourth-order valence-electron chi connectivity index (χ4n) is 2.88. The molecule has 0 radical (unpaired) electrons. The van der Waals surface area contributed by atoms with Gasteiger partial charge in [0.2, 0.25) is 0 Å². The zero-order valence-electron chi connectivity index (χ0n) is 13.0. The summed E-state index contributed by atoms with van der Waals surface area (Å²) in [5.41, 5.74) is 1.57. The van der Waals surface area contributed by atoms with Crippen LogP contribution < -0.4 is 10.1 Å². The molecule has 0 unspecified atom stereocenters. The molecule has 1 aromatic carbocycles. The van der Waals surface area contributed by atoms with E-state index in [-0.39, 0.29) is 5.91 Å². The van der Waals surface area contributed by atoms with Gasteiger partial charge in [-0.2, -0.15) is 0 Å². The molecular formula is C17H25NO3. The predicted molar refractivity (Wildman–Crippen MR) is 82.7 cm³/mol. The normalized spacial score (nSPS) is 16.3. The summed E-state index contributed by atoms with van der Waals surface area (Å²) in [5, 5.41) is 3.16. The van der Waals surface area contributed by atoms with Crippen LogP contribution in [0.5, 0.6) is 5.75 Å². The zero-order chi connectivity index (χ0) is 15.1. The van der Waals surface area contributed by atoms with E-state index < -0.39 is 0 Å². The number of hydrogen-bond donors (Lipinski definition) is 1. The molecule has 1 fully saturated rings. The molecule has 0 saturated heterocycles. The highest BCUT2D eigenvalue weighted by Gasteiger charge is 2.16. The Morgan fingerprint density at radius 3 is 2.52 bits per heavy atom. The van der Waals surface area contributed by atoms with Gasteiger partial charge in [-0.1, -0.05) is 25.7 Å². The molecule has 1 aliphatic carbocycles. The molecule has 1 N–H and O–H groups in total. The smallest absolute Gasteiger partial charge is 0.251 e. The Balaban J connectivity index is 2.05. The first-order valence-electron chi connectivity index (χ1n) is 7.71. The topological polar surface area (TPSA) is 47.6 Å². The van der Waals surface area contributed by atoms with E-state index in [0.717, 1.165) is 24.2 Å². The van der Waals surface area contributed by atoms with Gasteiger partial charge in [0.25, 0.3) is 5.91 Å². The van der Waals surface area contributed by atoms with Crippen LogP contribution in [-0.4, -0.2) is 26.2 Å². The summed E-state index contributed by atoms with van der Waals surface area (Å²) in [7, 11) is 3.26. The quantitative estimate of drug-likeness (QED) is 0.847. The Kier molecular flexibility index (Phi) is 6.05. The number of rotatable bonds is 5. The first-order chi connectivity index (χ1) is 10.2. The van der Waals surface area contributed by atoms with Crippen LogP contribution in [0.1, 0.15) is 54.4 Å². The summed E-state index contributed by atoms with van der Waals surface area (Å²) in [6.07, 6.45) is 7.17. The molecule has 116 valence electrons. The third kappa shape index (κ3) is 4.46. The third-order valence-electron chi connectivity index (χ3n) is 4.03. The van der Waals surface area contributed by atoms with Crippen LogP contribution in [-0.2, 0) is 11.3 Å². The second kappa shape index (κ2) is 8.03. The van der Waals surface area contributed by atoms with Crippen LogP contribution in [0, 0.1) is 0 Å². The van der Waals surface area contributed by atoms with Crippen molar-refractivity contribution in [1.82, 2.24) is 5.32 Å². The van der Waals surface area contributed by atoms with Crippen LogP contribution in [0.2, 0.25) is 0 Å². The number of benzene rings is 1. The standard InChI is InChI=1S/C17H25NO3/c1-20-12-14-11-13(9-10-16(14)21-2)17(19)18-15-7-5-3-4-6-8-15/h9-11,15H,3-8,12H2,1-2H3,(H,18,19). The van der Waals surface area contributed by atoms with Gasteiger partial charge in [0, 0.05) is 24.3 Å². The highest BCUT2D eigenvalue weighted by molar-refractivity contribution is 5.94. The molecule has 0 atom stereocenters. The minimum absolute atomic E-state index is 0.00176. The number of ether oxygens (including phenoxy) is 2. The van der Waals surface area contributed by atoms with Crippen molar-refractivity contribution >= 4 is 5.91 Å². The number of carbonyl (C=O) groups is 1. The molecule has 0 heterocycles. The molecule has 0 aromatic heterocycles. The van der Waals surface area contributed by atoms with Gasteiger partial charge in [-0.3, -0.25) is 4.79 Å². The second-order valence-corrected chi connectivity index (χ2v) is 5.62. The lowest BCUT2D eigenvalue weighted by atomic mass is 10.1. The zero-order valence-corrected chi connectivity index (χ0v) is 13.0. The molecule has 1 amide bonds. The van der Waals surface area contributed by atoms with E-state index in [1.807, 2.05) is 18.2 Å². The Hall–Kier alpha value is -1.55. The molecule has 0 aliphatic heterocycles. The van der Waals surface area contributed by atoms with Gasteiger partial charge in [0.15, 0.2) is 0 Å². The maximum atomic E-state index is 12.4. The molecule has 1 saturated carbocycles. The summed E-state index contributed by atoms with van der Waals surface area (Å²) < 4.78 is 10.4. The Morgan fingerprint density at radius 1 is 1.19 bits per heavy atom. The van der Waals surface area contributed by atoms with E-state index in [2.05, 4.69) is 5.32 Å². The lowest BCUT2D eigenvalue weighted by Gasteiger charge is -2.17. The summed E-state index contributed by atoms with van der Waals surface area (Å²) >= 11 is 0. The summed E-state index contributed by atoms with van der Waals surface area (Å²) in [4.78, 5) is 12.4. The predicted octanol–water partition coefficient (Wildman–Crippen LogP) is 3.29. The molecule has 1 aromatic rings. The molecule has 21 heavy (non-hydrogen) atoms. The minimum Gasteiger partial charge on any atom is -0.496 e. The first-order valence-corrected chi connectivity index (χ1v) is 7.71. The number of carbonyl (C=O) groups excluding carboxylic acids is 1. The van der Waals surface area contributed by atoms with Gasteiger partial charge in [0.1, 0.15) is 5.75 Å². The molecule has 4 heteroatoms. The summed E-state index contributed by atoms with van der Waals surface area (Å²) in [6, 6.07) is 5.81. The second-order valence-electron chi connectivity index (χ2n) is 5.62. The largest absolute Gasteiger partial charge is 0.496 e. The molecule has 4 nitrogen and oxygen atoms in total. The van der Waals surface area contributed by atoms with Gasteiger partial charge in [-0.25, -0.2) is 0 Å². The van der Waals surface area contributed by atoms with E-state index in [0.29, 0.717) is 18.2 Å². The van der Waals surface area contributed by atoms with Crippen LogP contribution >= 0.6 is 0 Å². The van der Waals surface area contributed by atoms with E-state index >= 15 is 0 Å². The third-order valence-corrected chi connectivity index (χ3v) is 4.03. The van der Waals surface area contributed by atoms with Crippen LogP contribution in [0.4, 0.5) is 0 Å². The molecule has 2 rings (SSSR count). The molecule has 0 spiro atoms. The maximum absolute atomic E-state index is 12.4. The van der Waals surface area contributed by atoms with Crippen molar-refractivity contribution in [2.45, 2.75) is 51.2 Å². The molecule has 1 aliphatic rings. The number of methoxy groups -OCH3 is 2. The summed E-state index contributed by atoms with van der Waals surface area (Å²) in [6.45, 7) is 0.438. The molecular weight excluding hydrogens is 266 g/mol. The van der Waals surface area contributed by atoms with Crippen molar-refractivity contribution in [1.29, 1.82) is 0 Å². The Labute approximate surface area is 126 Å². The highest BCUT2D eigenvalue weighted by atomic mass is 16.5. The fraction of sp³-hybridized carbons (Fsp3) is 0.588. The number of amides is 1. The van der Waals surface area contributed by atoms with Crippen LogP contribution in [0.15, 0.2) is 18.2 Å². The van der Waals surface area contributed by atoms with Crippen molar-refractivity contribution in [3.63, 3.8) is 0 Å². The van der Waals surface area contributed by atoms with Crippen molar-refractivity contribution in [2.24, 2.45) is 0 Å². The van der Waals surface area contributed by atoms with Gasteiger partial charge < -0.3 is 14.8 Å². The van der Waals surface area contributed by atoms with Gasteiger partial charge >= 0.3 is 0 Å². The van der Waals surface area contributed by atoms with Gasteiger partial charge in [-0.05, 0) is 31.0 Å². The van der Waals surface area contributed by atoms with E-state index in [1.54, 1.807) is 14.2 Å². The van der Waals surface area contributed by atoms with E-state index in [9.17, 15) is 4.79 Å². The maximum Gasteiger partial charge on any atom is 0.251 e. The lowest BCUT2D eigenvalue weighted by molar-refractivity contribution is 0.0933. The summed E-state index contributed by atoms with van der Waals surface area (Å²) in [5.74, 6) is 0.754. The number of hydrogen-bond acceptors (Lipinski definition) is 3. The van der Waals surface area contributed by atoms with Crippen molar-refractivity contribution in [2.75, 3.05) is 14.2 Å². The Morgan fingerprint density at radius 2 is 1.90 bits per heavy atom. The Bertz CT molecular complexity index is 465. The van der Waals surface area contributed by atoms with E-state index in [4.69, 9.17) is 9.47 Å². The highest BCUT2D eigenvalue weighted by Crippen LogP contribution is 2.22. The average Bonchev–Trinajstić information content (AvgIpc) is 2.76. The van der Waals surface area contributed by atoms with Crippen molar-refractivity contribution in [3.8, 4) is 5.75 Å². The van der Waals surface area contributed by atoms with Gasteiger partial charge in [0.05, 0.1) is 13.7 Å². The van der Waals surface area contributed by atoms with Crippen molar-refractivity contribution < 1.29 is 14.3 Å². The van der Waals surface area contributed by atoms with Gasteiger partial charge in [-0.15, -0.1) is 0 Å². The average molecular weight is 291 g/mol. The number of nitrogens with one attached hydrogen (secondary N) is 1. The minimum atomic E-state index is 0.00176. The SMILES string of the molecule is COCc1cc(C(=O)NC2CCCCCC2)ccc1OC. The van der Waals surface area contributed by atoms with E-state index in [1.165, 1.54) is 25.7 Å². The van der Waals surface area contributed by atoms with Crippen molar-refractivity contribution in [3.05, 3.63) is 29.3 Å². The van der Waals surface area contributed by atoms with Crippen LogP contribution in [0.25, 0.3) is 0 Å².